The lowest BCUT2D eigenvalue weighted by Gasteiger charge is -2.34. The molecule has 0 spiro atoms. The second kappa shape index (κ2) is 4.80. The standard InChI is InChI=1S/C10H21NO3S/c1-9(2)5-4-6-10(3)7-8-14-15(12,13)11-10/h9,11H,4-8H2,1-3H3. The van der Waals surface area contributed by atoms with E-state index in [2.05, 4.69) is 22.8 Å². The predicted octanol–water partition coefficient (Wildman–Crippen LogP) is 1.83. The Morgan fingerprint density at radius 2 is 2.13 bits per heavy atom. The van der Waals surface area contributed by atoms with Crippen LogP contribution < -0.4 is 4.72 Å². The van der Waals surface area contributed by atoms with Crippen molar-refractivity contribution in [3.63, 3.8) is 0 Å². The van der Waals surface area contributed by atoms with Crippen LogP contribution in [-0.2, 0) is 14.5 Å². The van der Waals surface area contributed by atoms with Crippen molar-refractivity contribution >= 4 is 10.3 Å². The highest BCUT2D eigenvalue weighted by Gasteiger charge is 2.34. The van der Waals surface area contributed by atoms with Crippen molar-refractivity contribution in [1.29, 1.82) is 0 Å². The third-order valence-electron chi connectivity index (χ3n) is 2.77. The largest absolute Gasteiger partial charge is 0.336 e. The van der Waals surface area contributed by atoms with E-state index in [1.807, 2.05) is 6.92 Å². The molecule has 0 bridgehead atoms. The van der Waals surface area contributed by atoms with Crippen molar-refractivity contribution in [1.82, 2.24) is 4.72 Å². The molecule has 0 amide bonds. The first kappa shape index (κ1) is 12.9. The van der Waals surface area contributed by atoms with Crippen LogP contribution >= 0.6 is 0 Å². The van der Waals surface area contributed by atoms with Crippen molar-refractivity contribution in [2.75, 3.05) is 6.61 Å². The van der Waals surface area contributed by atoms with Crippen molar-refractivity contribution in [3.05, 3.63) is 0 Å². The van der Waals surface area contributed by atoms with E-state index >= 15 is 0 Å². The molecule has 4 nitrogen and oxygen atoms in total. The van der Waals surface area contributed by atoms with Gasteiger partial charge in [-0.1, -0.05) is 26.7 Å². The van der Waals surface area contributed by atoms with Gasteiger partial charge in [-0.15, -0.1) is 0 Å². The van der Waals surface area contributed by atoms with Gasteiger partial charge in [0.2, 0.25) is 0 Å². The van der Waals surface area contributed by atoms with Gasteiger partial charge in [0, 0.05) is 5.54 Å². The molecule has 1 saturated heterocycles. The Hall–Kier alpha value is -0.130. The van der Waals surface area contributed by atoms with E-state index < -0.39 is 10.3 Å². The highest BCUT2D eigenvalue weighted by atomic mass is 32.2. The Balaban J connectivity index is 2.44. The zero-order chi connectivity index (χ0) is 11.5. The zero-order valence-corrected chi connectivity index (χ0v) is 10.6. The second-order valence-electron chi connectivity index (χ2n) is 4.97. The minimum atomic E-state index is -3.49. The molecular weight excluding hydrogens is 214 g/mol. The van der Waals surface area contributed by atoms with Crippen LogP contribution in [0.1, 0.15) is 46.5 Å². The summed E-state index contributed by atoms with van der Waals surface area (Å²) in [4.78, 5) is 0. The number of rotatable bonds is 4. The van der Waals surface area contributed by atoms with Crippen LogP contribution in [0, 0.1) is 5.92 Å². The molecule has 1 heterocycles. The molecule has 15 heavy (non-hydrogen) atoms. The van der Waals surface area contributed by atoms with Crippen LogP contribution in [-0.4, -0.2) is 20.6 Å². The van der Waals surface area contributed by atoms with Gasteiger partial charge in [0.1, 0.15) is 0 Å². The molecule has 0 aromatic carbocycles. The molecule has 0 aromatic rings. The lowest BCUT2D eigenvalue weighted by Crippen LogP contribution is -2.51. The molecule has 1 aliphatic heterocycles. The first-order valence-corrected chi connectivity index (χ1v) is 6.92. The van der Waals surface area contributed by atoms with Gasteiger partial charge >= 0.3 is 10.3 Å². The molecule has 1 unspecified atom stereocenters. The fourth-order valence-electron chi connectivity index (χ4n) is 1.84. The highest BCUT2D eigenvalue weighted by molar-refractivity contribution is 7.84. The van der Waals surface area contributed by atoms with E-state index in [4.69, 9.17) is 0 Å². The topological polar surface area (TPSA) is 55.4 Å². The third-order valence-corrected chi connectivity index (χ3v) is 3.99. The van der Waals surface area contributed by atoms with Gasteiger partial charge < -0.3 is 0 Å². The van der Waals surface area contributed by atoms with Gasteiger partial charge in [0.05, 0.1) is 6.61 Å². The average molecular weight is 235 g/mol. The Bertz CT molecular complexity index is 300. The van der Waals surface area contributed by atoms with Crippen molar-refractivity contribution in [3.8, 4) is 0 Å². The zero-order valence-electron chi connectivity index (χ0n) is 9.75. The SMILES string of the molecule is CC(C)CCCC1(C)CCOS(=O)(=O)N1. The molecule has 5 heteroatoms. The first-order chi connectivity index (χ1) is 6.83. The molecule has 0 aliphatic carbocycles. The van der Waals surface area contributed by atoms with E-state index in [0.717, 1.165) is 25.7 Å². The fraction of sp³-hybridized carbons (Fsp3) is 1.00. The molecule has 1 atom stereocenters. The van der Waals surface area contributed by atoms with E-state index in [-0.39, 0.29) is 5.54 Å². The summed E-state index contributed by atoms with van der Waals surface area (Å²) in [5.74, 6) is 0.671. The van der Waals surface area contributed by atoms with E-state index in [1.54, 1.807) is 0 Å². The predicted molar refractivity (Wildman–Crippen MR) is 59.7 cm³/mol. The summed E-state index contributed by atoms with van der Waals surface area (Å²) >= 11 is 0. The van der Waals surface area contributed by atoms with Gasteiger partial charge in [0.15, 0.2) is 0 Å². The molecule has 0 aromatic heterocycles. The monoisotopic (exact) mass is 235 g/mol. The lowest BCUT2D eigenvalue weighted by molar-refractivity contribution is 0.198. The van der Waals surface area contributed by atoms with Gasteiger partial charge in [-0.05, 0) is 25.7 Å². The van der Waals surface area contributed by atoms with E-state index in [1.165, 1.54) is 0 Å². The van der Waals surface area contributed by atoms with E-state index in [9.17, 15) is 8.42 Å². The van der Waals surface area contributed by atoms with Crippen LogP contribution in [0.2, 0.25) is 0 Å². The molecule has 90 valence electrons. The van der Waals surface area contributed by atoms with Crippen LogP contribution in [0.15, 0.2) is 0 Å². The normalized spacial score (nSPS) is 30.7. The molecule has 0 radical (unpaired) electrons. The first-order valence-electron chi connectivity index (χ1n) is 5.51. The molecule has 0 saturated carbocycles. The maximum atomic E-state index is 11.2. The van der Waals surface area contributed by atoms with Crippen LogP contribution in [0.3, 0.4) is 0 Å². The molecular formula is C10H21NO3S. The average Bonchev–Trinajstić information content (AvgIpc) is 1.99. The van der Waals surface area contributed by atoms with Gasteiger partial charge in [-0.25, -0.2) is 0 Å². The molecule has 1 fully saturated rings. The van der Waals surface area contributed by atoms with Gasteiger partial charge in [-0.2, -0.15) is 13.1 Å². The Kier molecular flexibility index (Phi) is 4.14. The number of hydrogen-bond donors (Lipinski definition) is 1. The summed E-state index contributed by atoms with van der Waals surface area (Å²) in [7, 11) is -3.49. The lowest BCUT2D eigenvalue weighted by atomic mass is 9.91. The Morgan fingerprint density at radius 1 is 1.47 bits per heavy atom. The maximum Gasteiger partial charge on any atom is 0.336 e. The summed E-state index contributed by atoms with van der Waals surface area (Å²) < 4.78 is 29.7. The Morgan fingerprint density at radius 3 is 2.67 bits per heavy atom. The van der Waals surface area contributed by atoms with Crippen molar-refractivity contribution in [2.45, 2.75) is 52.0 Å². The molecule has 1 N–H and O–H groups in total. The molecule has 1 rings (SSSR count). The van der Waals surface area contributed by atoms with Crippen LogP contribution in [0.5, 0.6) is 0 Å². The minimum Gasteiger partial charge on any atom is -0.258 e. The summed E-state index contributed by atoms with van der Waals surface area (Å²) in [6.07, 6.45) is 3.83. The van der Waals surface area contributed by atoms with Crippen LogP contribution in [0.4, 0.5) is 0 Å². The molecule has 1 aliphatic rings. The highest BCUT2D eigenvalue weighted by Crippen LogP contribution is 2.24. The Labute approximate surface area is 92.7 Å². The van der Waals surface area contributed by atoms with Gasteiger partial charge in [-0.3, -0.25) is 4.18 Å². The summed E-state index contributed by atoms with van der Waals surface area (Å²) in [6.45, 7) is 6.61. The number of hydrogen-bond acceptors (Lipinski definition) is 3. The third kappa shape index (κ3) is 4.49. The van der Waals surface area contributed by atoms with Gasteiger partial charge in [0.25, 0.3) is 0 Å². The van der Waals surface area contributed by atoms with Crippen molar-refractivity contribution < 1.29 is 12.6 Å². The van der Waals surface area contributed by atoms with E-state index in [0.29, 0.717) is 12.5 Å². The fourth-order valence-corrected chi connectivity index (χ4v) is 3.00. The number of nitrogens with one attached hydrogen (secondary N) is 1. The summed E-state index contributed by atoms with van der Waals surface area (Å²) in [6, 6.07) is 0. The summed E-state index contributed by atoms with van der Waals surface area (Å²) in [5.41, 5.74) is -0.314. The van der Waals surface area contributed by atoms with Crippen LogP contribution in [0.25, 0.3) is 0 Å². The summed E-state index contributed by atoms with van der Waals surface area (Å²) in [5, 5.41) is 0. The quantitative estimate of drug-likeness (QED) is 0.808. The minimum absolute atomic E-state index is 0.299. The maximum absolute atomic E-state index is 11.2. The van der Waals surface area contributed by atoms with Crippen molar-refractivity contribution in [2.24, 2.45) is 5.92 Å². The smallest absolute Gasteiger partial charge is 0.258 e. The second-order valence-corrected chi connectivity index (χ2v) is 6.32.